The van der Waals surface area contributed by atoms with E-state index in [4.69, 9.17) is 5.26 Å². The van der Waals surface area contributed by atoms with E-state index < -0.39 is 0 Å². The van der Waals surface area contributed by atoms with Gasteiger partial charge in [-0.2, -0.15) is 5.26 Å². The normalized spacial score (nSPS) is 34.7. The van der Waals surface area contributed by atoms with Crippen LogP contribution in [0.15, 0.2) is 24.3 Å². The van der Waals surface area contributed by atoms with E-state index in [9.17, 15) is 0 Å². The quantitative estimate of drug-likeness (QED) is 0.706. The van der Waals surface area contributed by atoms with Crippen LogP contribution in [0.3, 0.4) is 0 Å². The fourth-order valence-electron chi connectivity index (χ4n) is 3.96. The van der Waals surface area contributed by atoms with Gasteiger partial charge in [-0.1, -0.05) is 38.1 Å². The molecule has 3 atom stereocenters. The third-order valence-electron chi connectivity index (χ3n) is 5.31. The molecule has 0 radical (unpaired) electrons. The first kappa shape index (κ1) is 11.7. The molecule has 18 heavy (non-hydrogen) atoms. The summed E-state index contributed by atoms with van der Waals surface area (Å²) in [5.74, 6) is 0.634. The Kier molecular flexibility index (Phi) is 2.68. The summed E-state index contributed by atoms with van der Waals surface area (Å²) >= 11 is 0. The highest BCUT2D eigenvalue weighted by Crippen LogP contribution is 2.48. The maximum atomic E-state index is 8.97. The van der Waals surface area contributed by atoms with Gasteiger partial charge in [0.15, 0.2) is 0 Å². The van der Waals surface area contributed by atoms with Crippen molar-refractivity contribution in [2.24, 2.45) is 5.92 Å². The minimum atomic E-state index is 0.297. The zero-order chi connectivity index (χ0) is 12.8. The Hall–Kier alpha value is -1.33. The largest absolute Gasteiger partial charge is 0.287 e. The van der Waals surface area contributed by atoms with Crippen molar-refractivity contribution in [2.45, 2.75) is 38.1 Å². The molecule has 0 saturated carbocycles. The molecule has 2 aliphatic rings. The molecule has 0 spiro atoms. The predicted molar refractivity (Wildman–Crippen MR) is 72.3 cm³/mol. The summed E-state index contributed by atoms with van der Waals surface area (Å²) in [6.45, 7) is 6.41. The summed E-state index contributed by atoms with van der Waals surface area (Å²) in [6, 6.07) is 11.7. The number of likely N-dealkylation sites (tertiary alicyclic amines) is 1. The van der Waals surface area contributed by atoms with Gasteiger partial charge in [-0.3, -0.25) is 4.90 Å². The van der Waals surface area contributed by atoms with E-state index in [1.165, 1.54) is 12.0 Å². The smallest absolute Gasteiger partial charge is 0.0868 e. The van der Waals surface area contributed by atoms with Gasteiger partial charge in [-0.05, 0) is 35.3 Å². The summed E-state index contributed by atoms with van der Waals surface area (Å²) in [5, 5.41) is 8.97. The van der Waals surface area contributed by atoms with Crippen molar-refractivity contribution < 1.29 is 0 Å². The summed E-state index contributed by atoms with van der Waals surface area (Å²) in [6.07, 6.45) is 2.28. The van der Waals surface area contributed by atoms with Gasteiger partial charge in [0.2, 0.25) is 0 Å². The van der Waals surface area contributed by atoms with Crippen LogP contribution >= 0.6 is 0 Å². The number of nitrogens with zero attached hydrogens (tertiary/aromatic N) is 2. The number of hydrogen-bond donors (Lipinski definition) is 0. The molecular weight excluding hydrogens is 220 g/mol. The van der Waals surface area contributed by atoms with Crippen LogP contribution in [0.2, 0.25) is 0 Å². The first-order chi connectivity index (χ1) is 8.66. The molecule has 3 rings (SSSR count). The van der Waals surface area contributed by atoms with E-state index in [0.717, 1.165) is 13.0 Å². The topological polar surface area (TPSA) is 27.0 Å². The second-order valence-electron chi connectivity index (χ2n) is 6.01. The van der Waals surface area contributed by atoms with Crippen LogP contribution in [0.5, 0.6) is 0 Å². The second kappa shape index (κ2) is 4.10. The molecule has 94 valence electrons. The van der Waals surface area contributed by atoms with Gasteiger partial charge >= 0.3 is 0 Å². The Balaban J connectivity index is 2.05. The minimum absolute atomic E-state index is 0.297. The van der Waals surface area contributed by atoms with Crippen molar-refractivity contribution in [3.8, 4) is 6.07 Å². The summed E-state index contributed by atoms with van der Waals surface area (Å²) in [5.41, 5.74) is 3.34. The van der Waals surface area contributed by atoms with Crippen LogP contribution in [0, 0.1) is 17.2 Å². The van der Waals surface area contributed by atoms with Gasteiger partial charge in [0.05, 0.1) is 12.6 Å². The molecule has 1 aliphatic heterocycles. The lowest BCUT2D eigenvalue weighted by Crippen LogP contribution is -2.57. The van der Waals surface area contributed by atoms with Gasteiger partial charge in [-0.25, -0.2) is 0 Å². The lowest BCUT2D eigenvalue weighted by Gasteiger charge is -2.54. The molecule has 1 aromatic rings. The number of hydrogen-bond acceptors (Lipinski definition) is 2. The van der Waals surface area contributed by atoms with Crippen molar-refractivity contribution in [3.05, 3.63) is 35.4 Å². The van der Waals surface area contributed by atoms with E-state index in [-0.39, 0.29) is 0 Å². The molecule has 1 aromatic carbocycles. The van der Waals surface area contributed by atoms with E-state index >= 15 is 0 Å². The number of benzene rings is 1. The van der Waals surface area contributed by atoms with Crippen LogP contribution in [0.25, 0.3) is 0 Å². The first-order valence-electron chi connectivity index (χ1n) is 6.86. The van der Waals surface area contributed by atoms with E-state index in [0.29, 0.717) is 23.9 Å². The van der Waals surface area contributed by atoms with Gasteiger partial charge in [0.25, 0.3) is 0 Å². The van der Waals surface area contributed by atoms with Crippen molar-refractivity contribution in [1.82, 2.24) is 4.90 Å². The average molecular weight is 240 g/mol. The van der Waals surface area contributed by atoms with Gasteiger partial charge < -0.3 is 0 Å². The number of piperidine rings is 1. The summed E-state index contributed by atoms with van der Waals surface area (Å²) in [4.78, 5) is 2.38. The van der Waals surface area contributed by atoms with Gasteiger partial charge in [-0.15, -0.1) is 0 Å². The molecule has 2 nitrogen and oxygen atoms in total. The molecule has 0 amide bonds. The highest BCUT2D eigenvalue weighted by molar-refractivity contribution is 5.39. The maximum Gasteiger partial charge on any atom is 0.0868 e. The Morgan fingerprint density at radius 2 is 2.22 bits per heavy atom. The number of rotatable bonds is 1. The maximum absolute atomic E-state index is 8.97. The molecule has 0 aromatic heterocycles. The monoisotopic (exact) mass is 240 g/mol. The van der Waals surface area contributed by atoms with Crippen LogP contribution < -0.4 is 0 Å². The highest BCUT2D eigenvalue weighted by Gasteiger charge is 2.47. The average Bonchev–Trinajstić information content (AvgIpc) is 2.37. The summed E-state index contributed by atoms with van der Waals surface area (Å²) < 4.78 is 0. The molecule has 1 heterocycles. The lowest BCUT2D eigenvalue weighted by molar-refractivity contribution is 0.0410. The molecule has 2 bridgehead atoms. The second-order valence-corrected chi connectivity index (χ2v) is 6.01. The number of nitriles is 1. The zero-order valence-electron chi connectivity index (χ0n) is 11.2. The van der Waals surface area contributed by atoms with Crippen molar-refractivity contribution in [1.29, 1.82) is 5.26 Å². The third-order valence-corrected chi connectivity index (χ3v) is 5.31. The zero-order valence-corrected chi connectivity index (χ0v) is 11.2. The van der Waals surface area contributed by atoms with E-state index in [2.05, 4.69) is 49.1 Å². The Morgan fingerprint density at radius 3 is 3.00 bits per heavy atom. The first-order valence-corrected chi connectivity index (χ1v) is 6.86. The molecule has 1 fully saturated rings. The fraction of sp³-hybridized carbons (Fsp3) is 0.562. The minimum Gasteiger partial charge on any atom is -0.287 e. The molecule has 1 saturated heterocycles. The molecule has 2 heteroatoms. The van der Waals surface area contributed by atoms with Crippen LogP contribution in [-0.2, 0) is 11.8 Å². The van der Waals surface area contributed by atoms with Crippen LogP contribution in [0.1, 0.15) is 31.4 Å². The SMILES string of the molecule is C[C@@H]1[C@H]2Cc3ccccc3[C@]1(C)CCN2CC#N. The van der Waals surface area contributed by atoms with Gasteiger partial charge in [0, 0.05) is 12.6 Å². The Bertz CT molecular complexity index is 502. The van der Waals surface area contributed by atoms with Crippen LogP contribution in [0.4, 0.5) is 0 Å². The highest BCUT2D eigenvalue weighted by atomic mass is 15.2. The molecule has 0 N–H and O–H groups in total. The van der Waals surface area contributed by atoms with E-state index in [1.54, 1.807) is 5.56 Å². The number of fused-ring (bicyclic) bond motifs is 4. The Morgan fingerprint density at radius 1 is 1.44 bits per heavy atom. The third kappa shape index (κ3) is 1.51. The van der Waals surface area contributed by atoms with E-state index in [1.807, 2.05) is 0 Å². The molecule has 1 aliphatic carbocycles. The fourth-order valence-corrected chi connectivity index (χ4v) is 3.96. The predicted octanol–water partition coefficient (Wildman–Crippen LogP) is 2.73. The molecule has 0 unspecified atom stereocenters. The lowest BCUT2D eigenvalue weighted by atomic mass is 9.59. The van der Waals surface area contributed by atoms with Crippen LogP contribution in [-0.4, -0.2) is 24.0 Å². The van der Waals surface area contributed by atoms with Crippen molar-refractivity contribution in [2.75, 3.05) is 13.1 Å². The summed E-state index contributed by atoms with van der Waals surface area (Å²) in [7, 11) is 0. The van der Waals surface area contributed by atoms with Crippen molar-refractivity contribution in [3.63, 3.8) is 0 Å². The van der Waals surface area contributed by atoms with Crippen molar-refractivity contribution >= 4 is 0 Å². The standard InChI is InChI=1S/C16H20N2/c1-12-15-11-13-5-3-4-6-14(13)16(12,2)7-9-18(15)10-8-17/h3-6,12,15H,7,9-11H2,1-2H3/t12-,15-,16-/m1/s1. The van der Waals surface area contributed by atoms with Gasteiger partial charge in [0.1, 0.15) is 0 Å². The Labute approximate surface area is 109 Å². The molecular formula is C16H20N2.